The van der Waals surface area contributed by atoms with Crippen LogP contribution in [0.5, 0.6) is 0 Å². The number of rotatable bonds is 4. The second-order valence-corrected chi connectivity index (χ2v) is 5.91. The van der Waals surface area contributed by atoms with E-state index in [0.29, 0.717) is 29.6 Å². The molecule has 0 radical (unpaired) electrons. The molecule has 1 aromatic rings. The Hall–Kier alpha value is -1.56. The third kappa shape index (κ3) is 4.00. The Labute approximate surface area is 138 Å². The summed E-state index contributed by atoms with van der Waals surface area (Å²) in [5, 5.41) is 9.67. The molecule has 1 aliphatic rings. The summed E-state index contributed by atoms with van der Waals surface area (Å²) < 4.78 is 0. The Balaban J connectivity index is 2.04. The van der Waals surface area contributed by atoms with Gasteiger partial charge < -0.3 is 15.7 Å². The molecule has 0 aromatic heterocycles. The first-order valence-electron chi connectivity index (χ1n) is 6.79. The first kappa shape index (κ1) is 16.8. The van der Waals surface area contributed by atoms with Gasteiger partial charge in [0.25, 0.3) is 0 Å². The lowest BCUT2D eigenvalue weighted by Gasteiger charge is -2.28. The lowest BCUT2D eigenvalue weighted by atomic mass is 9.99. The molecule has 0 saturated heterocycles. The van der Waals surface area contributed by atoms with E-state index in [2.05, 4.69) is 0 Å². The third-order valence-electron chi connectivity index (χ3n) is 3.52. The summed E-state index contributed by atoms with van der Waals surface area (Å²) in [5.41, 5.74) is 7.65. The average Bonchev–Trinajstić information content (AvgIpc) is 2.49. The lowest BCUT2D eigenvalue weighted by molar-refractivity contribution is -0.141. The van der Waals surface area contributed by atoms with Crippen LogP contribution in [0.3, 0.4) is 0 Å². The molecule has 1 amide bonds. The molecule has 0 saturated carbocycles. The molecule has 1 aromatic carbocycles. The van der Waals surface area contributed by atoms with Crippen LogP contribution >= 0.6 is 23.2 Å². The molecule has 3 N–H and O–H groups in total. The number of hydrogen-bond acceptors (Lipinski definition) is 3. The van der Waals surface area contributed by atoms with Gasteiger partial charge in [-0.15, -0.1) is 0 Å². The van der Waals surface area contributed by atoms with Crippen molar-refractivity contribution >= 4 is 40.7 Å². The predicted molar refractivity (Wildman–Crippen MR) is 85.9 cm³/mol. The quantitative estimate of drug-likeness (QED) is 0.879. The summed E-state index contributed by atoms with van der Waals surface area (Å²) in [6.07, 6.45) is 2.22. The van der Waals surface area contributed by atoms with Crippen molar-refractivity contribution in [2.75, 3.05) is 13.1 Å². The molecule has 5 nitrogen and oxygen atoms in total. The molecular formula is C15H16Cl2N2O3. The summed E-state index contributed by atoms with van der Waals surface area (Å²) in [5.74, 6) is -1.42. The van der Waals surface area contributed by atoms with Crippen LogP contribution in [0.4, 0.5) is 0 Å². The highest BCUT2D eigenvalue weighted by Crippen LogP contribution is 2.29. The minimum atomic E-state index is -1.08. The van der Waals surface area contributed by atoms with E-state index in [-0.39, 0.29) is 12.3 Å². The van der Waals surface area contributed by atoms with E-state index in [1.165, 1.54) is 0 Å². The maximum Gasteiger partial charge on any atom is 0.305 e. The van der Waals surface area contributed by atoms with Gasteiger partial charge in [0.05, 0.1) is 22.5 Å². The number of hydrogen-bond donors (Lipinski definition) is 2. The number of carbonyl (C=O) groups excluding carboxylic acids is 1. The zero-order valence-corrected chi connectivity index (χ0v) is 13.3. The number of aliphatic carboxylic acids is 1. The zero-order valence-electron chi connectivity index (χ0n) is 11.8. The number of carboxylic acid groups (broad SMARTS) is 1. The van der Waals surface area contributed by atoms with Gasteiger partial charge in [-0.2, -0.15) is 0 Å². The van der Waals surface area contributed by atoms with E-state index < -0.39 is 12.0 Å². The second-order valence-electron chi connectivity index (χ2n) is 5.10. The zero-order chi connectivity index (χ0) is 16.3. The van der Waals surface area contributed by atoms with Gasteiger partial charge in [0.15, 0.2) is 0 Å². The Morgan fingerprint density at radius 2 is 2.05 bits per heavy atom. The first-order valence-corrected chi connectivity index (χ1v) is 7.54. The normalized spacial score (nSPS) is 16.1. The first-order chi connectivity index (χ1) is 10.4. The number of carbonyl (C=O) groups is 2. The summed E-state index contributed by atoms with van der Waals surface area (Å²) in [6.45, 7) is 0.903. The number of nitrogens with two attached hydrogens (primary N) is 1. The Kier molecular flexibility index (Phi) is 5.45. The van der Waals surface area contributed by atoms with Crippen LogP contribution in [-0.2, 0) is 9.59 Å². The molecule has 1 atom stereocenters. The second kappa shape index (κ2) is 7.13. The van der Waals surface area contributed by atoms with Crippen molar-refractivity contribution in [1.82, 2.24) is 4.90 Å². The monoisotopic (exact) mass is 342 g/mol. The molecule has 0 unspecified atom stereocenters. The van der Waals surface area contributed by atoms with Gasteiger partial charge in [0.1, 0.15) is 0 Å². The van der Waals surface area contributed by atoms with E-state index in [1.54, 1.807) is 17.0 Å². The molecule has 0 aliphatic carbocycles. The van der Waals surface area contributed by atoms with Crippen molar-refractivity contribution in [3.8, 4) is 0 Å². The summed E-state index contributed by atoms with van der Waals surface area (Å²) in [4.78, 5) is 24.2. The van der Waals surface area contributed by atoms with E-state index in [9.17, 15) is 9.59 Å². The van der Waals surface area contributed by atoms with Crippen LogP contribution in [-0.4, -0.2) is 41.0 Å². The number of halogens is 2. The molecule has 118 valence electrons. The molecule has 0 bridgehead atoms. The van der Waals surface area contributed by atoms with Crippen molar-refractivity contribution in [1.29, 1.82) is 0 Å². The van der Waals surface area contributed by atoms with Crippen molar-refractivity contribution in [3.63, 3.8) is 0 Å². The van der Waals surface area contributed by atoms with Crippen LogP contribution in [0, 0.1) is 0 Å². The van der Waals surface area contributed by atoms with Gasteiger partial charge in [0.2, 0.25) is 5.91 Å². The highest BCUT2D eigenvalue weighted by molar-refractivity contribution is 6.42. The van der Waals surface area contributed by atoms with Crippen LogP contribution in [0.15, 0.2) is 24.3 Å². The number of benzene rings is 1. The summed E-state index contributed by atoms with van der Waals surface area (Å²) in [6, 6.07) is 4.41. The molecule has 0 spiro atoms. The molecule has 1 aliphatic heterocycles. The molecule has 1 heterocycles. The van der Waals surface area contributed by atoms with E-state index in [0.717, 1.165) is 11.1 Å². The SMILES string of the molecule is N[C@@H](CC(=O)O)C(=O)N1CC=C(c2ccc(Cl)c(Cl)c2)CC1. The number of carboxylic acids is 1. The van der Waals surface area contributed by atoms with Gasteiger partial charge in [-0.25, -0.2) is 0 Å². The van der Waals surface area contributed by atoms with Gasteiger partial charge in [-0.1, -0.05) is 35.3 Å². The average molecular weight is 343 g/mol. The van der Waals surface area contributed by atoms with E-state index >= 15 is 0 Å². The third-order valence-corrected chi connectivity index (χ3v) is 4.26. The summed E-state index contributed by atoms with van der Waals surface area (Å²) in [7, 11) is 0. The Morgan fingerprint density at radius 3 is 2.59 bits per heavy atom. The van der Waals surface area contributed by atoms with Crippen LogP contribution in [0.1, 0.15) is 18.4 Å². The van der Waals surface area contributed by atoms with Gasteiger partial charge in [0, 0.05) is 13.1 Å². The fraction of sp³-hybridized carbons (Fsp3) is 0.333. The van der Waals surface area contributed by atoms with Crippen molar-refractivity contribution < 1.29 is 14.7 Å². The van der Waals surface area contributed by atoms with Gasteiger partial charge in [-0.3, -0.25) is 9.59 Å². The molecule has 2 rings (SSSR count). The lowest BCUT2D eigenvalue weighted by Crippen LogP contribution is -2.46. The highest BCUT2D eigenvalue weighted by atomic mass is 35.5. The predicted octanol–water partition coefficient (Wildman–Crippen LogP) is 2.41. The fourth-order valence-corrected chi connectivity index (χ4v) is 2.64. The van der Waals surface area contributed by atoms with Crippen molar-refractivity contribution in [2.24, 2.45) is 5.73 Å². The standard InChI is InChI=1S/C15H16Cl2N2O3/c16-11-2-1-10(7-12(11)17)9-3-5-19(6-4-9)15(22)13(18)8-14(20)21/h1-3,7,13H,4-6,8,18H2,(H,20,21)/t13-/m0/s1. The Bertz CT molecular complexity index is 631. The summed E-state index contributed by atoms with van der Waals surface area (Å²) >= 11 is 11.9. The minimum absolute atomic E-state index is 0.341. The topological polar surface area (TPSA) is 83.6 Å². The Morgan fingerprint density at radius 1 is 1.32 bits per heavy atom. The van der Waals surface area contributed by atoms with Gasteiger partial charge in [-0.05, 0) is 29.7 Å². The maximum absolute atomic E-state index is 12.0. The van der Waals surface area contributed by atoms with Crippen LogP contribution in [0.25, 0.3) is 5.57 Å². The highest BCUT2D eigenvalue weighted by Gasteiger charge is 2.24. The smallest absolute Gasteiger partial charge is 0.305 e. The molecule has 7 heteroatoms. The molecular weight excluding hydrogens is 327 g/mol. The fourth-order valence-electron chi connectivity index (χ4n) is 2.34. The van der Waals surface area contributed by atoms with Gasteiger partial charge >= 0.3 is 5.97 Å². The molecule has 22 heavy (non-hydrogen) atoms. The number of amides is 1. The van der Waals surface area contributed by atoms with Crippen LogP contribution in [0.2, 0.25) is 10.0 Å². The minimum Gasteiger partial charge on any atom is -0.481 e. The van der Waals surface area contributed by atoms with Crippen LogP contribution < -0.4 is 5.73 Å². The number of nitrogens with zero attached hydrogens (tertiary/aromatic N) is 1. The van der Waals surface area contributed by atoms with Crippen molar-refractivity contribution in [2.45, 2.75) is 18.9 Å². The molecule has 0 fully saturated rings. The van der Waals surface area contributed by atoms with E-state index in [1.807, 2.05) is 12.1 Å². The largest absolute Gasteiger partial charge is 0.481 e. The maximum atomic E-state index is 12.0. The van der Waals surface area contributed by atoms with Crippen molar-refractivity contribution in [3.05, 3.63) is 39.9 Å². The van der Waals surface area contributed by atoms with E-state index in [4.69, 9.17) is 34.0 Å².